The van der Waals surface area contributed by atoms with Crippen LogP contribution in [0.1, 0.15) is 30.9 Å². The maximum Gasteiger partial charge on any atom is 0.223 e. The van der Waals surface area contributed by atoms with Crippen molar-refractivity contribution in [1.29, 1.82) is 0 Å². The first kappa shape index (κ1) is 22.7. The summed E-state index contributed by atoms with van der Waals surface area (Å²) >= 11 is 0. The van der Waals surface area contributed by atoms with Crippen molar-refractivity contribution in [3.63, 3.8) is 0 Å². The number of hydrogen-bond donors (Lipinski definition) is 2. The Morgan fingerprint density at radius 1 is 1.06 bits per heavy atom. The zero-order valence-corrected chi connectivity index (χ0v) is 20.6. The number of benzene rings is 2. The summed E-state index contributed by atoms with van der Waals surface area (Å²) in [5.41, 5.74) is 9.37. The van der Waals surface area contributed by atoms with Gasteiger partial charge < -0.3 is 24.4 Å². The highest BCUT2D eigenvalue weighted by molar-refractivity contribution is 5.89. The number of fused-ring (bicyclic) bond motifs is 3. The van der Waals surface area contributed by atoms with Crippen molar-refractivity contribution in [1.82, 2.24) is 25.7 Å². The van der Waals surface area contributed by atoms with E-state index in [9.17, 15) is 4.79 Å². The normalized spacial score (nSPS) is 24.8. The first-order valence-corrected chi connectivity index (χ1v) is 12.7. The van der Waals surface area contributed by atoms with Gasteiger partial charge in [0.15, 0.2) is 0 Å². The van der Waals surface area contributed by atoms with Crippen LogP contribution in [0.5, 0.6) is 5.75 Å². The molecule has 4 heterocycles. The molecule has 9 heteroatoms. The van der Waals surface area contributed by atoms with Gasteiger partial charge in [-0.3, -0.25) is 10.2 Å². The predicted molar refractivity (Wildman–Crippen MR) is 139 cm³/mol. The third kappa shape index (κ3) is 4.35. The maximum absolute atomic E-state index is 13.0. The number of piperazine rings is 1. The van der Waals surface area contributed by atoms with Gasteiger partial charge in [-0.2, -0.15) is 5.10 Å². The van der Waals surface area contributed by atoms with Crippen molar-refractivity contribution in [2.45, 2.75) is 37.5 Å². The van der Waals surface area contributed by atoms with Gasteiger partial charge in [-0.15, -0.1) is 0 Å². The molecule has 6 rings (SSSR count). The molecule has 0 aliphatic carbocycles. The zero-order valence-electron chi connectivity index (χ0n) is 20.6. The molecule has 0 radical (unpaired) electrons. The lowest BCUT2D eigenvalue weighted by molar-refractivity contribution is -0.131. The standard InChI is InChI=1S/C27H33N7O2/c1-36-22-9-5-8-21(18-22)31-12-14-32(15-13-31)26(35)11-10-25-28-29-27-24-19-23(20-6-3-2-4-7-20)30-34(24)17-16-33(25)27/h2-9,16-18,23-24,27,29-30H,10-15,19H2,1H3. The molecule has 3 unspecified atom stereocenters. The Bertz CT molecular complexity index is 1150. The first-order valence-electron chi connectivity index (χ1n) is 12.7. The number of ether oxygens (including phenoxy) is 1. The first-order chi connectivity index (χ1) is 17.7. The highest BCUT2D eigenvalue weighted by Gasteiger charge is 2.44. The van der Waals surface area contributed by atoms with E-state index >= 15 is 0 Å². The van der Waals surface area contributed by atoms with Gasteiger partial charge in [0.05, 0.1) is 19.2 Å². The Kier molecular flexibility index (Phi) is 6.14. The van der Waals surface area contributed by atoms with E-state index < -0.39 is 0 Å². The topological polar surface area (TPSA) is 75.7 Å². The molecule has 0 saturated carbocycles. The molecule has 2 fully saturated rings. The number of carbonyl (C=O) groups excluding carboxylic acids is 1. The van der Waals surface area contributed by atoms with E-state index in [0.717, 1.165) is 49.9 Å². The second-order valence-electron chi connectivity index (χ2n) is 9.68. The summed E-state index contributed by atoms with van der Waals surface area (Å²) in [6.07, 6.45) is 6.32. The molecule has 2 aromatic carbocycles. The zero-order chi connectivity index (χ0) is 24.5. The highest BCUT2D eigenvalue weighted by Crippen LogP contribution is 2.34. The number of carbonyl (C=O) groups is 1. The molecular formula is C27H33N7O2. The molecule has 188 valence electrons. The molecule has 9 nitrogen and oxygen atoms in total. The molecule has 3 atom stereocenters. The van der Waals surface area contributed by atoms with Crippen LogP contribution in [0.15, 0.2) is 72.1 Å². The SMILES string of the molecule is COc1cccc(N2CCN(C(=O)CCC3=NNC4C5CC(c6ccccc6)NN5C=CN34)CC2)c1. The average molecular weight is 488 g/mol. The van der Waals surface area contributed by atoms with Crippen molar-refractivity contribution in [3.8, 4) is 5.75 Å². The number of nitrogens with zero attached hydrogens (tertiary/aromatic N) is 5. The van der Waals surface area contributed by atoms with Crippen LogP contribution >= 0.6 is 0 Å². The third-order valence-corrected chi connectivity index (χ3v) is 7.63. The Labute approximate surface area is 211 Å². The fourth-order valence-corrected chi connectivity index (χ4v) is 5.61. The summed E-state index contributed by atoms with van der Waals surface area (Å²) in [5, 5.41) is 6.81. The molecule has 4 aliphatic rings. The number of hydrazine groups is 1. The van der Waals surface area contributed by atoms with Crippen LogP contribution in [0, 0.1) is 0 Å². The predicted octanol–water partition coefficient (Wildman–Crippen LogP) is 2.47. The van der Waals surface area contributed by atoms with Gasteiger partial charge in [0.1, 0.15) is 17.8 Å². The van der Waals surface area contributed by atoms with Crippen molar-refractivity contribution >= 4 is 17.4 Å². The minimum atomic E-state index is 0.0766. The van der Waals surface area contributed by atoms with Gasteiger partial charge in [-0.25, -0.2) is 5.43 Å². The number of nitrogens with one attached hydrogen (secondary N) is 2. The number of amidine groups is 1. The van der Waals surface area contributed by atoms with Gasteiger partial charge in [-0.05, 0) is 24.1 Å². The summed E-state index contributed by atoms with van der Waals surface area (Å²) < 4.78 is 5.35. The summed E-state index contributed by atoms with van der Waals surface area (Å²) in [7, 11) is 1.68. The van der Waals surface area contributed by atoms with Crippen molar-refractivity contribution in [3.05, 3.63) is 72.6 Å². The van der Waals surface area contributed by atoms with Crippen LogP contribution in [-0.4, -0.2) is 72.0 Å². The van der Waals surface area contributed by atoms with E-state index in [1.54, 1.807) is 7.11 Å². The van der Waals surface area contributed by atoms with Crippen LogP contribution in [0.3, 0.4) is 0 Å². The van der Waals surface area contributed by atoms with Crippen LogP contribution in [0.4, 0.5) is 5.69 Å². The molecule has 1 amide bonds. The van der Waals surface area contributed by atoms with Gasteiger partial charge >= 0.3 is 0 Å². The molecular weight excluding hydrogens is 454 g/mol. The number of hydrazone groups is 1. The molecule has 36 heavy (non-hydrogen) atoms. The summed E-state index contributed by atoms with van der Waals surface area (Å²) in [6.45, 7) is 3.12. The summed E-state index contributed by atoms with van der Waals surface area (Å²) in [6, 6.07) is 19.2. The number of rotatable bonds is 6. The van der Waals surface area contributed by atoms with E-state index in [1.807, 2.05) is 29.2 Å². The smallest absolute Gasteiger partial charge is 0.223 e. The Balaban J connectivity index is 1.00. The highest BCUT2D eigenvalue weighted by atomic mass is 16.5. The van der Waals surface area contributed by atoms with Crippen molar-refractivity contribution in [2.24, 2.45) is 5.10 Å². The summed E-state index contributed by atoms with van der Waals surface area (Å²) in [5.74, 6) is 1.98. The fourth-order valence-electron chi connectivity index (χ4n) is 5.61. The van der Waals surface area contributed by atoms with Crippen LogP contribution < -0.4 is 20.5 Å². The molecule has 0 spiro atoms. The van der Waals surface area contributed by atoms with E-state index in [0.29, 0.717) is 12.8 Å². The van der Waals surface area contributed by atoms with Gasteiger partial charge in [-0.1, -0.05) is 36.4 Å². The molecule has 2 N–H and O–H groups in total. The summed E-state index contributed by atoms with van der Waals surface area (Å²) in [4.78, 5) is 19.5. The number of amides is 1. The Morgan fingerprint density at radius 3 is 2.69 bits per heavy atom. The molecule has 0 aromatic heterocycles. The molecule has 0 bridgehead atoms. The lowest BCUT2D eigenvalue weighted by atomic mass is 10.00. The number of hydrogen-bond acceptors (Lipinski definition) is 8. The van der Waals surface area contributed by atoms with Crippen LogP contribution in [0.25, 0.3) is 0 Å². The van der Waals surface area contributed by atoms with Crippen molar-refractivity contribution in [2.75, 3.05) is 38.2 Å². The van der Waals surface area contributed by atoms with Crippen molar-refractivity contribution < 1.29 is 9.53 Å². The van der Waals surface area contributed by atoms with E-state index in [-0.39, 0.29) is 24.2 Å². The second-order valence-corrected chi connectivity index (χ2v) is 9.68. The molecule has 4 aliphatic heterocycles. The monoisotopic (exact) mass is 487 g/mol. The second kappa shape index (κ2) is 9.73. The Morgan fingerprint density at radius 2 is 1.89 bits per heavy atom. The Hall–Kier alpha value is -3.72. The molecule has 2 saturated heterocycles. The van der Waals surface area contributed by atoms with Gasteiger partial charge in [0.25, 0.3) is 0 Å². The number of anilines is 1. The van der Waals surface area contributed by atoms with E-state index in [2.05, 4.69) is 73.5 Å². The molecule has 2 aromatic rings. The lowest BCUT2D eigenvalue weighted by Gasteiger charge is -2.37. The minimum Gasteiger partial charge on any atom is -0.497 e. The fraction of sp³-hybridized carbons (Fsp3) is 0.407. The third-order valence-electron chi connectivity index (χ3n) is 7.63. The average Bonchev–Trinajstić information content (AvgIpc) is 3.56. The van der Waals surface area contributed by atoms with E-state index in [4.69, 9.17) is 4.74 Å². The van der Waals surface area contributed by atoms with E-state index in [1.165, 1.54) is 5.56 Å². The maximum atomic E-state index is 13.0. The van der Waals surface area contributed by atoms with Crippen LogP contribution in [0.2, 0.25) is 0 Å². The lowest BCUT2D eigenvalue weighted by Crippen LogP contribution is -2.54. The quantitative estimate of drug-likeness (QED) is 0.648. The van der Waals surface area contributed by atoms with Crippen LogP contribution in [-0.2, 0) is 4.79 Å². The number of methoxy groups -OCH3 is 1. The minimum absolute atomic E-state index is 0.0766. The van der Waals surface area contributed by atoms with Gasteiger partial charge in [0.2, 0.25) is 5.91 Å². The van der Waals surface area contributed by atoms with Gasteiger partial charge in [0, 0.05) is 63.2 Å². The largest absolute Gasteiger partial charge is 0.497 e.